The molecule has 1 saturated heterocycles. The van der Waals surface area contributed by atoms with E-state index in [9.17, 15) is 18.0 Å². The number of imidazole rings is 1. The normalized spacial score (nSPS) is 18.5. The Kier molecular flexibility index (Phi) is 6.35. The van der Waals surface area contributed by atoms with E-state index in [-0.39, 0.29) is 17.0 Å². The Hall–Kier alpha value is -2.85. The standard InChI is InChI=1S/C24H25ClF3N5O2/c1-15-5-6-16(18(10-15)24(26,27)28)11-17-12-29-20-14-31(7-8-32(17)20)19-13-30-33(23(34)22(19)25)21-4-2-3-9-35-21/h5-6,10,12-13,21H,2-4,7-9,11,14H2,1H3. The van der Waals surface area contributed by atoms with E-state index in [1.54, 1.807) is 25.4 Å². The highest BCUT2D eigenvalue weighted by Crippen LogP contribution is 2.34. The Bertz CT molecular complexity index is 1300. The minimum absolute atomic E-state index is 0.0730. The first-order chi connectivity index (χ1) is 16.7. The maximum atomic E-state index is 13.6. The minimum Gasteiger partial charge on any atom is -0.360 e. The SMILES string of the molecule is Cc1ccc(Cc2cnc3n2CCN(c2cnn(C4CCCCO4)c(=O)c2Cl)C3)c(C(F)(F)F)c1. The van der Waals surface area contributed by atoms with Crippen molar-refractivity contribution in [1.82, 2.24) is 19.3 Å². The number of benzene rings is 1. The summed E-state index contributed by atoms with van der Waals surface area (Å²) in [5.41, 5.74) is 0.986. The third-order valence-corrected chi connectivity index (χ3v) is 6.94. The molecule has 186 valence electrons. The van der Waals surface area contributed by atoms with Gasteiger partial charge in [-0.1, -0.05) is 29.3 Å². The average Bonchev–Trinajstić information content (AvgIpc) is 3.23. The number of hydrogen-bond donors (Lipinski definition) is 0. The first kappa shape index (κ1) is 23.9. The summed E-state index contributed by atoms with van der Waals surface area (Å²) in [6, 6.07) is 4.40. The lowest BCUT2D eigenvalue weighted by Crippen LogP contribution is -2.37. The van der Waals surface area contributed by atoms with Gasteiger partial charge in [0.2, 0.25) is 0 Å². The van der Waals surface area contributed by atoms with E-state index in [2.05, 4.69) is 10.1 Å². The fourth-order valence-corrected chi connectivity index (χ4v) is 5.01. The van der Waals surface area contributed by atoms with Crippen LogP contribution in [-0.4, -0.2) is 32.5 Å². The van der Waals surface area contributed by atoms with Crippen molar-refractivity contribution in [3.63, 3.8) is 0 Å². The third-order valence-electron chi connectivity index (χ3n) is 6.58. The minimum atomic E-state index is -4.42. The quantitative estimate of drug-likeness (QED) is 0.511. The highest BCUT2D eigenvalue weighted by molar-refractivity contribution is 6.33. The van der Waals surface area contributed by atoms with E-state index < -0.39 is 23.5 Å². The van der Waals surface area contributed by atoms with Crippen LogP contribution in [0.3, 0.4) is 0 Å². The number of fused-ring (bicyclic) bond motifs is 1. The van der Waals surface area contributed by atoms with Crippen molar-refractivity contribution in [2.75, 3.05) is 18.1 Å². The summed E-state index contributed by atoms with van der Waals surface area (Å²) in [4.78, 5) is 19.2. The lowest BCUT2D eigenvalue weighted by Gasteiger charge is -2.31. The van der Waals surface area contributed by atoms with Crippen LogP contribution in [0.25, 0.3) is 0 Å². The molecule has 0 radical (unpaired) electrons. The summed E-state index contributed by atoms with van der Waals surface area (Å²) in [5, 5.41) is 4.39. The van der Waals surface area contributed by atoms with Crippen LogP contribution in [0.2, 0.25) is 5.02 Å². The van der Waals surface area contributed by atoms with Crippen molar-refractivity contribution in [3.05, 3.63) is 74.2 Å². The Morgan fingerprint density at radius 1 is 1.20 bits per heavy atom. The van der Waals surface area contributed by atoms with E-state index in [4.69, 9.17) is 16.3 Å². The molecule has 7 nitrogen and oxygen atoms in total. The summed E-state index contributed by atoms with van der Waals surface area (Å²) in [6.07, 6.45) is 1.12. The van der Waals surface area contributed by atoms with Crippen LogP contribution in [0.4, 0.5) is 18.9 Å². The molecule has 2 aliphatic heterocycles. The van der Waals surface area contributed by atoms with Gasteiger partial charge in [0.1, 0.15) is 10.8 Å². The van der Waals surface area contributed by atoms with E-state index >= 15 is 0 Å². The van der Waals surface area contributed by atoms with Crippen LogP contribution in [0.5, 0.6) is 0 Å². The number of halogens is 4. The van der Waals surface area contributed by atoms with E-state index in [0.29, 0.717) is 55.4 Å². The maximum Gasteiger partial charge on any atom is 0.416 e. The zero-order valence-electron chi connectivity index (χ0n) is 19.2. The van der Waals surface area contributed by atoms with Crippen LogP contribution < -0.4 is 10.5 Å². The predicted molar refractivity (Wildman–Crippen MR) is 125 cm³/mol. The first-order valence-corrected chi connectivity index (χ1v) is 11.9. The van der Waals surface area contributed by atoms with Crippen LogP contribution >= 0.6 is 11.6 Å². The molecule has 4 heterocycles. The number of hydrogen-bond acceptors (Lipinski definition) is 5. The molecule has 0 aliphatic carbocycles. The van der Waals surface area contributed by atoms with Crippen molar-refractivity contribution in [2.45, 2.75) is 58.1 Å². The Morgan fingerprint density at radius 2 is 2.03 bits per heavy atom. The number of aromatic nitrogens is 4. The van der Waals surface area contributed by atoms with Crippen molar-refractivity contribution in [1.29, 1.82) is 0 Å². The predicted octanol–water partition coefficient (Wildman–Crippen LogP) is 4.73. The zero-order chi connectivity index (χ0) is 24.7. The van der Waals surface area contributed by atoms with Gasteiger partial charge >= 0.3 is 6.18 Å². The second-order valence-electron chi connectivity index (χ2n) is 8.99. The Labute approximate surface area is 205 Å². The Morgan fingerprint density at radius 3 is 2.77 bits per heavy atom. The van der Waals surface area contributed by atoms with Crippen LogP contribution in [0.15, 0.2) is 35.4 Å². The van der Waals surface area contributed by atoms with Crippen molar-refractivity contribution >= 4 is 17.3 Å². The van der Waals surface area contributed by atoms with Gasteiger partial charge in [0.15, 0.2) is 6.23 Å². The molecule has 1 atom stereocenters. The number of ether oxygens (including phenoxy) is 1. The molecule has 0 saturated carbocycles. The molecule has 0 spiro atoms. The van der Waals surface area contributed by atoms with Crippen LogP contribution in [-0.2, 0) is 30.4 Å². The van der Waals surface area contributed by atoms with Crippen molar-refractivity contribution < 1.29 is 17.9 Å². The molecular weight excluding hydrogens is 483 g/mol. The summed E-state index contributed by atoms with van der Waals surface area (Å²) in [7, 11) is 0. The summed E-state index contributed by atoms with van der Waals surface area (Å²) in [6.45, 7) is 3.62. The van der Waals surface area contributed by atoms with Gasteiger partial charge in [0, 0.05) is 38.0 Å². The van der Waals surface area contributed by atoms with E-state index in [0.717, 1.165) is 12.8 Å². The number of alkyl halides is 3. The lowest BCUT2D eigenvalue weighted by molar-refractivity contribution is -0.138. The van der Waals surface area contributed by atoms with Gasteiger partial charge in [-0.2, -0.15) is 23.0 Å². The summed E-state index contributed by atoms with van der Waals surface area (Å²) < 4.78 is 49.6. The molecule has 1 aromatic carbocycles. The lowest BCUT2D eigenvalue weighted by atomic mass is 10.00. The van der Waals surface area contributed by atoms with Crippen molar-refractivity contribution in [3.8, 4) is 0 Å². The van der Waals surface area contributed by atoms with Crippen molar-refractivity contribution in [2.24, 2.45) is 0 Å². The molecule has 3 aromatic rings. The fourth-order valence-electron chi connectivity index (χ4n) is 4.75. The first-order valence-electron chi connectivity index (χ1n) is 11.6. The van der Waals surface area contributed by atoms with Gasteiger partial charge in [-0.25, -0.2) is 4.98 Å². The second-order valence-corrected chi connectivity index (χ2v) is 9.37. The molecule has 11 heteroatoms. The van der Waals surface area contributed by atoms with E-state index in [1.807, 2.05) is 9.47 Å². The van der Waals surface area contributed by atoms with E-state index in [1.165, 1.54) is 16.8 Å². The third kappa shape index (κ3) is 4.69. The molecule has 2 aliphatic rings. The maximum absolute atomic E-state index is 13.6. The molecule has 1 unspecified atom stereocenters. The number of rotatable bonds is 4. The zero-order valence-corrected chi connectivity index (χ0v) is 19.9. The number of aryl methyl sites for hydroxylation is 1. The molecular formula is C24H25ClF3N5O2. The number of anilines is 1. The molecule has 5 rings (SSSR count). The van der Waals surface area contributed by atoms with Gasteiger partial charge in [0.05, 0.1) is 24.0 Å². The highest BCUT2D eigenvalue weighted by Gasteiger charge is 2.34. The largest absolute Gasteiger partial charge is 0.416 e. The highest BCUT2D eigenvalue weighted by atomic mass is 35.5. The summed E-state index contributed by atoms with van der Waals surface area (Å²) in [5.74, 6) is 0.697. The fraction of sp³-hybridized carbons (Fsp3) is 0.458. The molecule has 2 aromatic heterocycles. The monoisotopic (exact) mass is 507 g/mol. The topological polar surface area (TPSA) is 65.2 Å². The molecule has 35 heavy (non-hydrogen) atoms. The Balaban J connectivity index is 1.37. The smallest absolute Gasteiger partial charge is 0.360 e. The van der Waals surface area contributed by atoms with Crippen LogP contribution in [0, 0.1) is 6.92 Å². The summed E-state index contributed by atoms with van der Waals surface area (Å²) >= 11 is 6.46. The van der Waals surface area contributed by atoms with Gasteiger partial charge in [-0.15, -0.1) is 0 Å². The van der Waals surface area contributed by atoms with Gasteiger partial charge in [-0.05, 0) is 37.8 Å². The van der Waals surface area contributed by atoms with Crippen LogP contribution in [0.1, 0.15) is 53.7 Å². The second kappa shape index (κ2) is 9.31. The molecule has 0 amide bonds. The van der Waals surface area contributed by atoms with Gasteiger partial charge in [0.25, 0.3) is 5.56 Å². The number of nitrogens with zero attached hydrogens (tertiary/aromatic N) is 5. The molecule has 0 N–H and O–H groups in total. The average molecular weight is 508 g/mol. The molecule has 0 bridgehead atoms. The van der Waals surface area contributed by atoms with Gasteiger partial charge in [-0.3, -0.25) is 4.79 Å². The van der Waals surface area contributed by atoms with Gasteiger partial charge < -0.3 is 14.2 Å². The molecule has 1 fully saturated rings.